The lowest BCUT2D eigenvalue weighted by Gasteiger charge is -2.17. The molecule has 2 rings (SSSR count). The summed E-state index contributed by atoms with van der Waals surface area (Å²) in [5.41, 5.74) is 6.29. The van der Waals surface area contributed by atoms with Crippen molar-refractivity contribution in [1.82, 2.24) is 4.98 Å². The van der Waals surface area contributed by atoms with Gasteiger partial charge in [-0.25, -0.2) is 0 Å². The van der Waals surface area contributed by atoms with Gasteiger partial charge in [0.1, 0.15) is 6.10 Å². The largest absolute Gasteiger partial charge is 0.390 e. The first-order valence-corrected chi connectivity index (χ1v) is 5.30. The second-order valence-electron chi connectivity index (χ2n) is 3.97. The van der Waals surface area contributed by atoms with E-state index >= 15 is 0 Å². The highest BCUT2D eigenvalue weighted by atomic mass is 16.3. The predicted molar refractivity (Wildman–Crippen MR) is 63.1 cm³/mol. The van der Waals surface area contributed by atoms with Crippen molar-refractivity contribution in [2.75, 3.05) is 0 Å². The average molecular weight is 234 g/mol. The van der Waals surface area contributed by atoms with Crippen LogP contribution in [0.3, 0.4) is 0 Å². The molecule has 2 atom stereocenters. The summed E-state index contributed by atoms with van der Waals surface area (Å²) >= 11 is 0. The van der Waals surface area contributed by atoms with E-state index in [9.17, 15) is 15.0 Å². The van der Waals surface area contributed by atoms with Crippen LogP contribution < -0.4 is 5.73 Å². The Labute approximate surface area is 97.9 Å². The number of benzene rings is 1. The Morgan fingerprint density at radius 3 is 2.82 bits per heavy atom. The molecule has 1 amide bonds. The second-order valence-corrected chi connectivity index (χ2v) is 3.97. The van der Waals surface area contributed by atoms with Crippen LogP contribution in [-0.4, -0.2) is 27.2 Å². The van der Waals surface area contributed by atoms with Gasteiger partial charge in [0.05, 0.1) is 18.0 Å². The Balaban J connectivity index is 2.32. The van der Waals surface area contributed by atoms with Crippen molar-refractivity contribution in [3.8, 4) is 0 Å². The van der Waals surface area contributed by atoms with Gasteiger partial charge in [0.2, 0.25) is 5.91 Å². The Morgan fingerprint density at radius 1 is 1.35 bits per heavy atom. The van der Waals surface area contributed by atoms with Crippen LogP contribution in [-0.2, 0) is 4.79 Å². The van der Waals surface area contributed by atoms with Crippen LogP contribution in [0, 0.1) is 0 Å². The number of nitrogens with one attached hydrogen (secondary N) is 1. The van der Waals surface area contributed by atoms with Crippen molar-refractivity contribution in [3.05, 3.63) is 36.0 Å². The number of aromatic amines is 1. The van der Waals surface area contributed by atoms with Crippen molar-refractivity contribution < 1.29 is 15.0 Å². The number of aliphatic hydroxyl groups is 2. The molecule has 2 unspecified atom stereocenters. The van der Waals surface area contributed by atoms with E-state index in [-0.39, 0.29) is 6.42 Å². The fourth-order valence-electron chi connectivity index (χ4n) is 1.88. The van der Waals surface area contributed by atoms with Crippen molar-refractivity contribution in [2.24, 2.45) is 5.73 Å². The topological polar surface area (TPSA) is 99.3 Å². The molecular weight excluding hydrogens is 220 g/mol. The fraction of sp³-hybridized carbons (Fsp3) is 0.250. The Kier molecular flexibility index (Phi) is 3.12. The Morgan fingerprint density at radius 2 is 2.12 bits per heavy atom. The van der Waals surface area contributed by atoms with Gasteiger partial charge in [-0.05, 0) is 11.5 Å². The highest BCUT2D eigenvalue weighted by Gasteiger charge is 2.22. The van der Waals surface area contributed by atoms with Crippen molar-refractivity contribution in [2.45, 2.75) is 18.6 Å². The van der Waals surface area contributed by atoms with Gasteiger partial charge in [0, 0.05) is 11.8 Å². The highest BCUT2D eigenvalue weighted by Crippen LogP contribution is 2.26. The van der Waals surface area contributed by atoms with Crippen LogP contribution in [0.1, 0.15) is 18.1 Å². The van der Waals surface area contributed by atoms with E-state index in [4.69, 9.17) is 5.73 Å². The minimum absolute atomic E-state index is 0.266. The molecule has 0 saturated heterocycles. The van der Waals surface area contributed by atoms with E-state index in [1.54, 1.807) is 18.3 Å². The molecule has 5 heteroatoms. The first kappa shape index (κ1) is 11.6. The molecular formula is C12H14N2O3. The minimum atomic E-state index is -1.19. The molecule has 0 aliphatic heterocycles. The normalized spacial score (nSPS) is 14.7. The van der Waals surface area contributed by atoms with Gasteiger partial charge in [-0.15, -0.1) is 0 Å². The number of aliphatic hydroxyl groups excluding tert-OH is 2. The summed E-state index contributed by atoms with van der Waals surface area (Å²) in [6, 6.07) is 7.24. The van der Waals surface area contributed by atoms with Crippen LogP contribution in [0.2, 0.25) is 0 Å². The first-order valence-electron chi connectivity index (χ1n) is 5.30. The zero-order valence-corrected chi connectivity index (χ0v) is 9.13. The summed E-state index contributed by atoms with van der Waals surface area (Å²) in [7, 11) is 0. The van der Waals surface area contributed by atoms with Crippen LogP contribution in [0.5, 0.6) is 0 Å². The number of nitrogens with two attached hydrogens (primary N) is 1. The van der Waals surface area contributed by atoms with E-state index in [2.05, 4.69) is 4.98 Å². The van der Waals surface area contributed by atoms with E-state index < -0.39 is 18.1 Å². The summed E-state index contributed by atoms with van der Waals surface area (Å²) in [6.07, 6.45) is -0.842. The number of rotatable bonds is 4. The van der Waals surface area contributed by atoms with Crippen LogP contribution >= 0.6 is 0 Å². The molecule has 0 saturated carbocycles. The number of para-hydroxylation sites is 1. The third-order valence-corrected chi connectivity index (χ3v) is 2.71. The lowest BCUT2D eigenvalue weighted by molar-refractivity contribution is -0.121. The molecule has 0 aliphatic rings. The third kappa shape index (κ3) is 2.30. The number of amides is 1. The number of hydrogen-bond donors (Lipinski definition) is 4. The standard InChI is InChI=1S/C12H14N2O3/c13-10(16)6-9(15)12(17)8-3-1-2-7-4-5-14-11(7)8/h1-5,9,12,14-15,17H,6H2,(H2,13,16). The molecule has 0 radical (unpaired) electrons. The van der Waals surface area contributed by atoms with Crippen LogP contribution in [0.4, 0.5) is 0 Å². The molecule has 5 N–H and O–H groups in total. The molecule has 2 aromatic rings. The van der Waals surface area contributed by atoms with Gasteiger partial charge in [-0.3, -0.25) is 4.79 Å². The maximum atomic E-state index is 10.7. The van der Waals surface area contributed by atoms with Gasteiger partial charge in [-0.2, -0.15) is 0 Å². The minimum Gasteiger partial charge on any atom is -0.390 e. The number of hydrogen-bond acceptors (Lipinski definition) is 3. The lowest BCUT2D eigenvalue weighted by Crippen LogP contribution is -2.25. The molecule has 0 aliphatic carbocycles. The number of carbonyl (C=O) groups is 1. The summed E-state index contributed by atoms with van der Waals surface area (Å²) in [4.78, 5) is 13.7. The van der Waals surface area contributed by atoms with Crippen molar-refractivity contribution in [3.63, 3.8) is 0 Å². The monoisotopic (exact) mass is 234 g/mol. The van der Waals surface area contributed by atoms with Gasteiger partial charge in [-0.1, -0.05) is 18.2 Å². The number of fused-ring (bicyclic) bond motifs is 1. The van der Waals surface area contributed by atoms with Crippen molar-refractivity contribution in [1.29, 1.82) is 0 Å². The quantitative estimate of drug-likeness (QED) is 0.617. The molecule has 0 fully saturated rings. The van der Waals surface area contributed by atoms with E-state index in [0.717, 1.165) is 10.9 Å². The molecule has 0 spiro atoms. The summed E-state index contributed by atoms with van der Waals surface area (Å²) in [5.74, 6) is -0.643. The average Bonchev–Trinajstić information content (AvgIpc) is 2.74. The van der Waals surface area contributed by atoms with E-state index in [1.165, 1.54) is 0 Å². The number of primary amides is 1. The number of aromatic nitrogens is 1. The molecule has 0 bridgehead atoms. The maximum absolute atomic E-state index is 10.7. The molecule has 1 aromatic carbocycles. The smallest absolute Gasteiger partial charge is 0.220 e. The molecule has 5 nitrogen and oxygen atoms in total. The van der Waals surface area contributed by atoms with Gasteiger partial charge < -0.3 is 20.9 Å². The second kappa shape index (κ2) is 4.57. The number of H-pyrrole nitrogens is 1. The van der Waals surface area contributed by atoms with E-state index in [1.807, 2.05) is 12.1 Å². The van der Waals surface area contributed by atoms with Crippen LogP contribution in [0.25, 0.3) is 10.9 Å². The zero-order valence-electron chi connectivity index (χ0n) is 9.13. The Hall–Kier alpha value is -1.85. The first-order chi connectivity index (χ1) is 8.09. The van der Waals surface area contributed by atoms with Gasteiger partial charge in [0.25, 0.3) is 0 Å². The fourth-order valence-corrected chi connectivity index (χ4v) is 1.88. The van der Waals surface area contributed by atoms with Gasteiger partial charge in [0.15, 0.2) is 0 Å². The van der Waals surface area contributed by atoms with Gasteiger partial charge >= 0.3 is 0 Å². The molecule has 1 aromatic heterocycles. The summed E-state index contributed by atoms with van der Waals surface area (Å²) < 4.78 is 0. The van der Waals surface area contributed by atoms with Crippen LogP contribution in [0.15, 0.2) is 30.5 Å². The third-order valence-electron chi connectivity index (χ3n) is 2.71. The number of carbonyl (C=O) groups excluding carboxylic acids is 1. The molecule has 1 heterocycles. The van der Waals surface area contributed by atoms with Crippen molar-refractivity contribution >= 4 is 16.8 Å². The zero-order chi connectivity index (χ0) is 12.4. The highest BCUT2D eigenvalue weighted by molar-refractivity contribution is 5.83. The Bertz CT molecular complexity index is 535. The summed E-state index contributed by atoms with van der Waals surface area (Å²) in [6.45, 7) is 0. The lowest BCUT2D eigenvalue weighted by atomic mass is 10.00. The molecule has 90 valence electrons. The van der Waals surface area contributed by atoms with E-state index in [0.29, 0.717) is 5.56 Å². The SMILES string of the molecule is NC(=O)CC(O)C(O)c1cccc2cc[nH]c12. The predicted octanol–water partition coefficient (Wildman–Crippen LogP) is 0.438. The molecule has 17 heavy (non-hydrogen) atoms. The summed E-state index contributed by atoms with van der Waals surface area (Å²) in [5, 5.41) is 20.6. The maximum Gasteiger partial charge on any atom is 0.220 e.